The molecule has 3 aromatic rings. The molecule has 9 nitrogen and oxygen atoms in total. The second-order valence-electron chi connectivity index (χ2n) is 4.86. The molecule has 0 saturated carbocycles. The van der Waals surface area contributed by atoms with Crippen LogP contribution >= 0.6 is 0 Å². The maximum absolute atomic E-state index is 11.7. The van der Waals surface area contributed by atoms with Gasteiger partial charge in [0.15, 0.2) is 17.1 Å². The van der Waals surface area contributed by atoms with Crippen LogP contribution in [0.5, 0.6) is 17.2 Å². The van der Waals surface area contributed by atoms with E-state index in [0.29, 0.717) is 11.4 Å². The fraction of sp³-hybridized carbons (Fsp3) is 0.133. The second-order valence-corrected chi connectivity index (χ2v) is 4.86. The molecule has 0 bridgehead atoms. The van der Waals surface area contributed by atoms with Crippen molar-refractivity contribution in [2.75, 3.05) is 14.2 Å². The molecule has 2 aromatic heterocycles. The van der Waals surface area contributed by atoms with Gasteiger partial charge in [0.25, 0.3) is 5.56 Å². The Morgan fingerprint density at radius 1 is 1.04 bits per heavy atom. The summed E-state index contributed by atoms with van der Waals surface area (Å²) < 4.78 is 10.2. The number of hydrogen-bond acceptors (Lipinski definition) is 6. The zero-order chi connectivity index (χ0) is 17.3. The molecule has 0 unspecified atom stereocenters. The maximum Gasteiger partial charge on any atom is 0.327 e. The maximum atomic E-state index is 11.7. The fourth-order valence-corrected chi connectivity index (χ4v) is 2.21. The van der Waals surface area contributed by atoms with Crippen LogP contribution in [0.25, 0.3) is 23.3 Å². The lowest BCUT2D eigenvalue weighted by Gasteiger charge is -2.09. The number of aromatic amines is 3. The topological polar surface area (TPSA) is 133 Å². The summed E-state index contributed by atoms with van der Waals surface area (Å²) in [5, 5.41) is 9.89. The molecule has 2 heterocycles. The minimum Gasteiger partial charge on any atom is -0.502 e. The summed E-state index contributed by atoms with van der Waals surface area (Å²) in [6.07, 6.45) is 3.30. The van der Waals surface area contributed by atoms with Gasteiger partial charge in [0.1, 0.15) is 11.3 Å². The second kappa shape index (κ2) is 5.95. The quantitative estimate of drug-likeness (QED) is 0.560. The molecule has 0 aliphatic carbocycles. The van der Waals surface area contributed by atoms with Crippen LogP contribution in [-0.4, -0.2) is 39.3 Å². The Hall–Kier alpha value is -3.49. The number of H-pyrrole nitrogens is 3. The van der Waals surface area contributed by atoms with Crippen molar-refractivity contribution >= 4 is 23.3 Å². The SMILES string of the molecule is COc1cc(/C=C/c2nc3[nH]c(=O)[nH]c(=O)c3[nH]2)cc(OC)c1O. The van der Waals surface area contributed by atoms with E-state index in [9.17, 15) is 14.7 Å². The number of benzene rings is 1. The van der Waals surface area contributed by atoms with Crippen molar-refractivity contribution in [3.8, 4) is 17.2 Å². The molecule has 0 aliphatic heterocycles. The summed E-state index contributed by atoms with van der Waals surface area (Å²) in [5.74, 6) is 0.812. The lowest BCUT2D eigenvalue weighted by molar-refractivity contribution is 0.340. The molecule has 9 heteroatoms. The molecule has 124 valence electrons. The van der Waals surface area contributed by atoms with E-state index in [4.69, 9.17) is 9.47 Å². The minimum atomic E-state index is -0.623. The van der Waals surface area contributed by atoms with Crippen molar-refractivity contribution < 1.29 is 14.6 Å². The number of phenols is 1. The number of nitrogens with one attached hydrogen (secondary N) is 3. The van der Waals surface area contributed by atoms with Crippen LogP contribution in [0, 0.1) is 0 Å². The van der Waals surface area contributed by atoms with Gasteiger partial charge in [-0.05, 0) is 23.8 Å². The highest BCUT2D eigenvalue weighted by Crippen LogP contribution is 2.37. The lowest BCUT2D eigenvalue weighted by Crippen LogP contribution is -2.21. The molecule has 0 fully saturated rings. The Morgan fingerprint density at radius 3 is 2.33 bits per heavy atom. The van der Waals surface area contributed by atoms with Crippen LogP contribution < -0.4 is 20.7 Å². The minimum absolute atomic E-state index is 0.0926. The average molecular weight is 330 g/mol. The number of phenolic OH excluding ortho intramolecular Hbond substituents is 1. The Bertz CT molecular complexity index is 1020. The highest BCUT2D eigenvalue weighted by atomic mass is 16.5. The van der Waals surface area contributed by atoms with E-state index in [1.54, 1.807) is 24.3 Å². The smallest absolute Gasteiger partial charge is 0.327 e. The first-order chi connectivity index (χ1) is 11.5. The number of imidazole rings is 1. The van der Waals surface area contributed by atoms with E-state index in [1.165, 1.54) is 14.2 Å². The monoisotopic (exact) mass is 330 g/mol. The highest BCUT2D eigenvalue weighted by Gasteiger charge is 2.10. The molecule has 0 aliphatic rings. The number of aromatic nitrogens is 4. The van der Waals surface area contributed by atoms with E-state index in [1.807, 2.05) is 0 Å². The van der Waals surface area contributed by atoms with Gasteiger partial charge in [-0.25, -0.2) is 9.78 Å². The van der Waals surface area contributed by atoms with Gasteiger partial charge in [0, 0.05) is 0 Å². The van der Waals surface area contributed by atoms with Gasteiger partial charge >= 0.3 is 5.69 Å². The van der Waals surface area contributed by atoms with Gasteiger partial charge in [-0.2, -0.15) is 0 Å². The van der Waals surface area contributed by atoms with Gasteiger partial charge < -0.3 is 19.6 Å². The summed E-state index contributed by atoms with van der Waals surface area (Å²) in [6.45, 7) is 0. The van der Waals surface area contributed by atoms with Gasteiger partial charge in [-0.15, -0.1) is 0 Å². The number of hydrogen-bond donors (Lipinski definition) is 4. The number of methoxy groups -OCH3 is 2. The predicted molar refractivity (Wildman–Crippen MR) is 87.5 cm³/mol. The summed E-state index contributed by atoms with van der Waals surface area (Å²) >= 11 is 0. The van der Waals surface area contributed by atoms with Crippen LogP contribution in [0.15, 0.2) is 21.7 Å². The van der Waals surface area contributed by atoms with E-state index in [0.717, 1.165) is 0 Å². The van der Waals surface area contributed by atoms with E-state index in [-0.39, 0.29) is 28.4 Å². The van der Waals surface area contributed by atoms with E-state index in [2.05, 4.69) is 19.9 Å². The summed E-state index contributed by atoms with van der Waals surface area (Å²) in [7, 11) is 2.87. The number of rotatable bonds is 4. The Labute approximate surface area is 134 Å². The Balaban J connectivity index is 2.01. The molecule has 0 radical (unpaired) electrons. The summed E-state index contributed by atoms with van der Waals surface area (Å²) in [4.78, 5) is 34.4. The summed E-state index contributed by atoms with van der Waals surface area (Å²) in [5.41, 5.74) is -0.139. The molecule has 0 amide bonds. The van der Waals surface area contributed by atoms with Crippen LogP contribution in [0.2, 0.25) is 0 Å². The van der Waals surface area contributed by atoms with Crippen molar-refractivity contribution in [2.45, 2.75) is 0 Å². The van der Waals surface area contributed by atoms with Crippen molar-refractivity contribution in [1.82, 2.24) is 19.9 Å². The first kappa shape index (κ1) is 15.4. The van der Waals surface area contributed by atoms with Gasteiger partial charge in [0.05, 0.1) is 14.2 Å². The third-order valence-corrected chi connectivity index (χ3v) is 3.34. The first-order valence-corrected chi connectivity index (χ1v) is 6.87. The highest BCUT2D eigenvalue weighted by molar-refractivity contribution is 5.75. The molecule has 4 N–H and O–H groups in total. The van der Waals surface area contributed by atoms with Crippen molar-refractivity contribution in [2.24, 2.45) is 0 Å². The van der Waals surface area contributed by atoms with E-state index < -0.39 is 11.2 Å². The van der Waals surface area contributed by atoms with E-state index >= 15 is 0 Å². The number of aromatic hydroxyl groups is 1. The van der Waals surface area contributed by atoms with Crippen LogP contribution in [0.3, 0.4) is 0 Å². The predicted octanol–water partition coefficient (Wildman–Crippen LogP) is 0.833. The Kier molecular flexibility index (Phi) is 3.82. The summed E-state index contributed by atoms with van der Waals surface area (Å²) in [6, 6.07) is 3.23. The zero-order valence-electron chi connectivity index (χ0n) is 12.8. The number of ether oxygens (including phenoxy) is 2. The lowest BCUT2D eigenvalue weighted by atomic mass is 10.1. The van der Waals surface area contributed by atoms with Gasteiger partial charge in [-0.3, -0.25) is 14.8 Å². The first-order valence-electron chi connectivity index (χ1n) is 6.87. The van der Waals surface area contributed by atoms with Crippen molar-refractivity contribution in [3.63, 3.8) is 0 Å². The molecule has 24 heavy (non-hydrogen) atoms. The molecular weight excluding hydrogens is 316 g/mol. The van der Waals surface area contributed by atoms with Crippen molar-refractivity contribution in [1.29, 1.82) is 0 Å². The van der Waals surface area contributed by atoms with Crippen LogP contribution in [-0.2, 0) is 0 Å². The van der Waals surface area contributed by atoms with Gasteiger partial charge in [-0.1, -0.05) is 6.08 Å². The standard InChI is InChI=1S/C15H14N4O5/c1-23-8-5-7(6-9(24-2)12(8)20)3-4-10-16-11-13(17-10)18-15(22)19-14(11)21/h3-6,20H,1-2H3,(H3,16,17,18,19,21,22)/b4-3+. The third kappa shape index (κ3) is 2.74. The molecule has 0 spiro atoms. The Morgan fingerprint density at radius 2 is 1.71 bits per heavy atom. The molecule has 0 saturated heterocycles. The average Bonchev–Trinajstić information content (AvgIpc) is 2.97. The zero-order valence-corrected chi connectivity index (χ0v) is 12.8. The molecule has 0 atom stereocenters. The number of nitrogens with zero attached hydrogens (tertiary/aromatic N) is 1. The molecule has 3 rings (SSSR count). The largest absolute Gasteiger partial charge is 0.502 e. The molecular formula is C15H14N4O5. The third-order valence-electron chi connectivity index (χ3n) is 3.34. The van der Waals surface area contributed by atoms with Crippen molar-refractivity contribution in [3.05, 3.63) is 44.4 Å². The fourth-order valence-electron chi connectivity index (χ4n) is 2.21. The normalized spacial score (nSPS) is 11.2. The van der Waals surface area contributed by atoms with Crippen LogP contribution in [0.4, 0.5) is 0 Å². The van der Waals surface area contributed by atoms with Crippen LogP contribution in [0.1, 0.15) is 11.4 Å². The number of fused-ring (bicyclic) bond motifs is 1. The molecule has 1 aromatic carbocycles. The van der Waals surface area contributed by atoms with Gasteiger partial charge in [0.2, 0.25) is 5.75 Å².